The van der Waals surface area contributed by atoms with Gasteiger partial charge < -0.3 is 4.74 Å². The minimum absolute atomic E-state index is 0.951. The fourth-order valence-electron chi connectivity index (χ4n) is 0.307. The van der Waals surface area contributed by atoms with Crippen molar-refractivity contribution >= 4 is 5.97 Å². The molecule has 0 N–H and O–H groups in total. The molecule has 11 heavy (non-hydrogen) atoms. The van der Waals surface area contributed by atoms with Crippen molar-refractivity contribution < 1.29 is 23.2 Å². The van der Waals surface area contributed by atoms with Crippen LogP contribution in [0.1, 0.15) is 0 Å². The summed E-state index contributed by atoms with van der Waals surface area (Å²) >= 11 is 0. The maximum Gasteiger partial charge on any atom is 0.378 e. The Balaban J connectivity index is 3.46. The number of hydrogen-bond donors (Lipinski definition) is 0. The lowest BCUT2D eigenvalue weighted by Crippen LogP contribution is -2.19. The van der Waals surface area contributed by atoms with Crippen molar-refractivity contribution in [2.24, 2.45) is 0 Å². The van der Waals surface area contributed by atoms with E-state index in [1.54, 1.807) is 0 Å². The van der Waals surface area contributed by atoms with Crippen molar-refractivity contribution in [2.75, 3.05) is 13.2 Å². The van der Waals surface area contributed by atoms with Crippen LogP contribution in [-0.2, 0) is 9.53 Å². The predicted molar refractivity (Wildman–Crippen MR) is 28.8 cm³/mol. The molecule has 5 nitrogen and oxygen atoms in total. The molecule has 0 fully saturated rings. The molecule has 0 heterocycles. The van der Waals surface area contributed by atoms with Crippen LogP contribution in [0.5, 0.6) is 0 Å². The van der Waals surface area contributed by atoms with Crippen molar-refractivity contribution in [3.05, 3.63) is 10.1 Å². The number of hydrogen-bond acceptors (Lipinski definition) is 4. The van der Waals surface area contributed by atoms with E-state index in [-0.39, 0.29) is 0 Å². The van der Waals surface area contributed by atoms with Crippen LogP contribution in [0.25, 0.3) is 0 Å². The van der Waals surface area contributed by atoms with Crippen molar-refractivity contribution in [3.8, 4) is 0 Å². The van der Waals surface area contributed by atoms with E-state index >= 15 is 0 Å². The lowest BCUT2D eigenvalue weighted by atomic mass is 10.6. The van der Waals surface area contributed by atoms with Gasteiger partial charge in [-0.2, -0.15) is 0 Å². The lowest BCUT2D eigenvalue weighted by Gasteiger charge is -1.98. The third kappa shape index (κ3) is 6.62. The molecule has 0 unspecified atom stereocenters. The Morgan fingerprint density at radius 1 is 1.64 bits per heavy atom. The molecule has 0 atom stereocenters. The number of carbonyl (C=O) groups excluding carboxylic acids is 1. The molecule has 0 aliphatic heterocycles. The van der Waals surface area contributed by atoms with E-state index in [4.69, 9.17) is 0 Å². The Hall–Kier alpha value is -1.27. The number of nitro groups is 1. The first-order chi connectivity index (χ1) is 5.02. The number of rotatable bonds is 4. The summed E-state index contributed by atoms with van der Waals surface area (Å²) in [5, 5.41) is 9.57. The Bertz CT molecular complexity index is 160. The quantitative estimate of drug-likeness (QED) is 0.339. The molecule has 0 amide bonds. The minimum Gasteiger partial charge on any atom is -0.455 e. The standard InChI is InChI=1S/C4H5F2NO4/c5-3(6)2-11-4(8)1-7(9)10/h3H,1-2H2. The second kappa shape index (κ2) is 4.53. The average Bonchev–Trinajstić information content (AvgIpc) is 1.82. The Morgan fingerprint density at radius 3 is 2.55 bits per heavy atom. The minimum atomic E-state index is -2.79. The highest BCUT2D eigenvalue weighted by molar-refractivity contribution is 5.70. The molecule has 0 saturated heterocycles. The van der Waals surface area contributed by atoms with Crippen LogP contribution in [0.3, 0.4) is 0 Å². The van der Waals surface area contributed by atoms with Crippen molar-refractivity contribution in [3.63, 3.8) is 0 Å². The van der Waals surface area contributed by atoms with Gasteiger partial charge in [0, 0.05) is 4.92 Å². The molecule has 64 valence electrons. The average molecular weight is 169 g/mol. The van der Waals surface area contributed by atoms with Gasteiger partial charge in [0.15, 0.2) is 6.61 Å². The van der Waals surface area contributed by atoms with Crippen LogP contribution < -0.4 is 0 Å². The molecule has 0 rings (SSSR count). The number of alkyl halides is 2. The summed E-state index contributed by atoms with van der Waals surface area (Å²) in [7, 11) is 0. The smallest absolute Gasteiger partial charge is 0.378 e. The molecule has 0 aliphatic carbocycles. The second-order valence-electron chi connectivity index (χ2n) is 1.56. The Labute approximate surface area is 60.1 Å². The van der Waals surface area contributed by atoms with Gasteiger partial charge in [0.1, 0.15) is 0 Å². The largest absolute Gasteiger partial charge is 0.455 e. The predicted octanol–water partition coefficient (Wildman–Crippen LogP) is 0.0714. The summed E-state index contributed by atoms with van der Waals surface area (Å²) in [4.78, 5) is 18.8. The number of esters is 1. The van der Waals surface area contributed by atoms with Gasteiger partial charge >= 0.3 is 5.97 Å². The lowest BCUT2D eigenvalue weighted by molar-refractivity contribution is -0.470. The highest BCUT2D eigenvalue weighted by Crippen LogP contribution is 1.92. The van der Waals surface area contributed by atoms with Crippen LogP contribution in [-0.4, -0.2) is 30.5 Å². The normalized spacial score (nSPS) is 9.73. The molecule has 7 heteroatoms. The first kappa shape index (κ1) is 9.73. The molecule has 0 radical (unpaired) electrons. The fraction of sp³-hybridized carbons (Fsp3) is 0.750. The maximum atomic E-state index is 11.3. The van der Waals surface area contributed by atoms with Gasteiger partial charge in [-0.25, -0.2) is 13.6 Å². The van der Waals surface area contributed by atoms with Gasteiger partial charge in [0.05, 0.1) is 0 Å². The van der Waals surface area contributed by atoms with E-state index in [1.165, 1.54) is 0 Å². The number of ether oxygens (including phenoxy) is 1. The number of carbonyl (C=O) groups is 1. The van der Waals surface area contributed by atoms with E-state index in [2.05, 4.69) is 4.74 Å². The molecule has 0 aliphatic rings. The summed E-state index contributed by atoms with van der Waals surface area (Å²) < 4.78 is 26.4. The van der Waals surface area contributed by atoms with Crippen LogP contribution >= 0.6 is 0 Å². The Morgan fingerprint density at radius 2 is 2.18 bits per heavy atom. The summed E-state index contributed by atoms with van der Waals surface area (Å²) in [6.45, 7) is -2.17. The van der Waals surface area contributed by atoms with Crippen molar-refractivity contribution in [2.45, 2.75) is 6.43 Å². The fourth-order valence-corrected chi connectivity index (χ4v) is 0.307. The van der Waals surface area contributed by atoms with Gasteiger partial charge in [-0.1, -0.05) is 0 Å². The number of halogens is 2. The van der Waals surface area contributed by atoms with E-state index in [0.29, 0.717) is 0 Å². The molecule has 0 aromatic carbocycles. The van der Waals surface area contributed by atoms with Gasteiger partial charge in [-0.15, -0.1) is 0 Å². The summed E-state index contributed by atoms with van der Waals surface area (Å²) in [5.74, 6) is -1.25. The third-order valence-corrected chi connectivity index (χ3v) is 0.629. The van der Waals surface area contributed by atoms with Crippen LogP contribution in [0, 0.1) is 10.1 Å². The van der Waals surface area contributed by atoms with Crippen molar-refractivity contribution in [1.29, 1.82) is 0 Å². The molecular weight excluding hydrogens is 164 g/mol. The van der Waals surface area contributed by atoms with Crippen LogP contribution in [0.15, 0.2) is 0 Å². The molecular formula is C4H5F2NO4. The molecule has 0 saturated carbocycles. The van der Waals surface area contributed by atoms with Crippen LogP contribution in [0.2, 0.25) is 0 Å². The van der Waals surface area contributed by atoms with Gasteiger partial charge in [0.25, 0.3) is 13.0 Å². The Kier molecular flexibility index (Phi) is 4.01. The van der Waals surface area contributed by atoms with Gasteiger partial charge in [-0.3, -0.25) is 10.1 Å². The van der Waals surface area contributed by atoms with E-state index in [9.17, 15) is 23.7 Å². The highest BCUT2D eigenvalue weighted by atomic mass is 19.3. The molecule has 0 bridgehead atoms. The third-order valence-electron chi connectivity index (χ3n) is 0.629. The SMILES string of the molecule is O=C(C[N+](=O)[O-])OCC(F)F. The highest BCUT2D eigenvalue weighted by Gasteiger charge is 2.13. The van der Waals surface area contributed by atoms with E-state index in [0.717, 1.165) is 0 Å². The molecule has 0 aromatic heterocycles. The topological polar surface area (TPSA) is 69.4 Å². The molecule has 0 spiro atoms. The first-order valence-electron chi connectivity index (χ1n) is 2.58. The summed E-state index contributed by atoms with van der Waals surface area (Å²) in [6, 6.07) is 0. The van der Waals surface area contributed by atoms with Crippen LogP contribution in [0.4, 0.5) is 8.78 Å². The zero-order chi connectivity index (χ0) is 8.85. The van der Waals surface area contributed by atoms with E-state index < -0.39 is 30.5 Å². The van der Waals surface area contributed by atoms with E-state index in [1.807, 2.05) is 0 Å². The van der Waals surface area contributed by atoms with Gasteiger partial charge in [0.2, 0.25) is 0 Å². The van der Waals surface area contributed by atoms with Gasteiger partial charge in [-0.05, 0) is 0 Å². The number of nitrogens with zero attached hydrogens (tertiary/aromatic N) is 1. The summed E-state index contributed by atoms with van der Waals surface area (Å²) in [5.41, 5.74) is 0. The molecule has 0 aromatic rings. The first-order valence-corrected chi connectivity index (χ1v) is 2.58. The van der Waals surface area contributed by atoms with Crippen molar-refractivity contribution in [1.82, 2.24) is 0 Å². The summed E-state index contributed by atoms with van der Waals surface area (Å²) in [6.07, 6.45) is -2.79. The zero-order valence-electron chi connectivity index (χ0n) is 5.33. The monoisotopic (exact) mass is 169 g/mol. The zero-order valence-corrected chi connectivity index (χ0v) is 5.33. The second-order valence-corrected chi connectivity index (χ2v) is 1.56. The maximum absolute atomic E-state index is 11.3.